The van der Waals surface area contributed by atoms with Gasteiger partial charge in [0, 0.05) is 6.20 Å². The average Bonchev–Trinajstić information content (AvgIpc) is 2.37. The fourth-order valence-corrected chi connectivity index (χ4v) is 3.25. The molecule has 0 aliphatic rings. The first-order valence-electron chi connectivity index (χ1n) is 6.08. The van der Waals surface area contributed by atoms with Gasteiger partial charge in [-0.15, -0.1) is 0 Å². The van der Waals surface area contributed by atoms with E-state index in [1.807, 2.05) is 6.92 Å². The minimum absolute atomic E-state index is 0.0648. The van der Waals surface area contributed by atoms with Gasteiger partial charge in [0.25, 0.3) is 10.0 Å². The van der Waals surface area contributed by atoms with Crippen LogP contribution in [0.3, 0.4) is 0 Å². The van der Waals surface area contributed by atoms with Crippen molar-refractivity contribution >= 4 is 21.7 Å². The molecule has 0 radical (unpaired) electrons. The molecule has 1 aromatic carbocycles. The van der Waals surface area contributed by atoms with Gasteiger partial charge >= 0.3 is 5.97 Å². The molecule has 0 aliphatic carbocycles. The molecule has 1 aromatic heterocycles. The fraction of sp³-hybridized carbons (Fsp3) is 0.143. The number of aryl methyl sites for hydroxylation is 2. The van der Waals surface area contributed by atoms with Gasteiger partial charge in [0.2, 0.25) is 0 Å². The number of aromatic nitrogens is 1. The molecular weight excluding hydrogens is 292 g/mol. The first kappa shape index (κ1) is 15.0. The van der Waals surface area contributed by atoms with Crippen molar-refractivity contribution in [2.45, 2.75) is 18.7 Å². The van der Waals surface area contributed by atoms with Gasteiger partial charge in [-0.1, -0.05) is 17.7 Å². The topological polar surface area (TPSA) is 96.4 Å². The lowest BCUT2D eigenvalue weighted by Gasteiger charge is -2.12. The summed E-state index contributed by atoms with van der Waals surface area (Å²) in [5, 5.41) is 9.06. The van der Waals surface area contributed by atoms with Gasteiger partial charge in [-0.25, -0.2) is 13.2 Å². The first-order valence-corrected chi connectivity index (χ1v) is 7.57. The zero-order valence-corrected chi connectivity index (χ0v) is 12.3. The van der Waals surface area contributed by atoms with Gasteiger partial charge in [-0.05, 0) is 31.5 Å². The van der Waals surface area contributed by atoms with Crippen LogP contribution < -0.4 is 4.72 Å². The lowest BCUT2D eigenvalue weighted by atomic mass is 10.2. The van der Waals surface area contributed by atoms with E-state index in [9.17, 15) is 13.2 Å². The van der Waals surface area contributed by atoms with Gasteiger partial charge in [-0.2, -0.15) is 0 Å². The summed E-state index contributed by atoms with van der Waals surface area (Å²) in [6.45, 7) is 3.55. The number of nitrogens with one attached hydrogen (secondary N) is 1. The van der Waals surface area contributed by atoms with Crippen LogP contribution in [0.1, 0.15) is 21.5 Å². The Labute approximate surface area is 122 Å². The molecule has 0 fully saturated rings. The highest BCUT2D eigenvalue weighted by Gasteiger charge is 2.20. The Hall–Kier alpha value is -2.41. The van der Waals surface area contributed by atoms with Gasteiger partial charge < -0.3 is 5.11 Å². The van der Waals surface area contributed by atoms with Gasteiger partial charge in [0.15, 0.2) is 0 Å². The van der Waals surface area contributed by atoms with Crippen LogP contribution >= 0.6 is 0 Å². The number of carboxylic acids is 1. The van der Waals surface area contributed by atoms with E-state index >= 15 is 0 Å². The Morgan fingerprint density at radius 2 is 1.95 bits per heavy atom. The molecule has 110 valence electrons. The summed E-state index contributed by atoms with van der Waals surface area (Å²) in [6, 6.07) is 6.16. The normalized spacial score (nSPS) is 11.1. The SMILES string of the molecule is Cc1ccc(S(=O)(=O)Nc2cnccc2C(=O)O)c(C)c1. The molecule has 0 unspecified atom stereocenters. The number of hydrogen-bond donors (Lipinski definition) is 2. The van der Waals surface area contributed by atoms with Crippen molar-refractivity contribution in [2.24, 2.45) is 0 Å². The molecule has 0 saturated carbocycles. The number of pyridine rings is 1. The first-order chi connectivity index (χ1) is 9.81. The molecule has 6 nitrogen and oxygen atoms in total. The molecule has 2 rings (SSSR count). The number of carbonyl (C=O) groups is 1. The third-order valence-corrected chi connectivity index (χ3v) is 4.44. The summed E-state index contributed by atoms with van der Waals surface area (Å²) in [4.78, 5) is 14.9. The van der Waals surface area contributed by atoms with E-state index in [0.717, 1.165) is 5.56 Å². The van der Waals surface area contributed by atoms with Crippen LogP contribution in [0.5, 0.6) is 0 Å². The van der Waals surface area contributed by atoms with Crippen LogP contribution in [-0.4, -0.2) is 24.5 Å². The van der Waals surface area contributed by atoms with Crippen LogP contribution in [0, 0.1) is 13.8 Å². The van der Waals surface area contributed by atoms with E-state index in [0.29, 0.717) is 5.56 Å². The number of rotatable bonds is 4. The molecule has 1 heterocycles. The van der Waals surface area contributed by atoms with Crippen LogP contribution in [0.15, 0.2) is 41.6 Å². The summed E-state index contributed by atoms with van der Waals surface area (Å²) < 4.78 is 27.0. The average molecular weight is 306 g/mol. The summed E-state index contributed by atoms with van der Waals surface area (Å²) >= 11 is 0. The highest BCUT2D eigenvalue weighted by Crippen LogP contribution is 2.22. The Morgan fingerprint density at radius 3 is 2.57 bits per heavy atom. The predicted molar refractivity (Wildman–Crippen MR) is 77.9 cm³/mol. The van der Waals surface area contributed by atoms with Crippen molar-refractivity contribution in [3.63, 3.8) is 0 Å². The van der Waals surface area contributed by atoms with Crippen molar-refractivity contribution in [2.75, 3.05) is 4.72 Å². The predicted octanol–water partition coefficient (Wildman–Crippen LogP) is 2.20. The number of anilines is 1. The monoisotopic (exact) mass is 306 g/mol. The fourth-order valence-electron chi connectivity index (χ4n) is 1.96. The molecular formula is C14H14N2O4S. The summed E-state index contributed by atoms with van der Waals surface area (Å²) in [7, 11) is -3.87. The third kappa shape index (κ3) is 3.19. The second-order valence-corrected chi connectivity index (χ2v) is 6.25. The van der Waals surface area contributed by atoms with Crippen molar-refractivity contribution in [1.29, 1.82) is 0 Å². The maximum atomic E-state index is 12.4. The Balaban J connectivity index is 2.45. The number of nitrogens with zero attached hydrogens (tertiary/aromatic N) is 1. The van der Waals surface area contributed by atoms with Crippen molar-refractivity contribution in [1.82, 2.24) is 4.98 Å². The Kier molecular flexibility index (Phi) is 3.95. The van der Waals surface area contributed by atoms with E-state index in [2.05, 4.69) is 9.71 Å². The quantitative estimate of drug-likeness (QED) is 0.902. The molecule has 2 aromatic rings. The molecule has 0 bridgehead atoms. The second-order valence-electron chi connectivity index (χ2n) is 4.60. The highest BCUT2D eigenvalue weighted by atomic mass is 32.2. The van der Waals surface area contributed by atoms with Gasteiger partial charge in [0.05, 0.1) is 22.3 Å². The van der Waals surface area contributed by atoms with Crippen LogP contribution in [0.25, 0.3) is 0 Å². The number of aromatic carboxylic acids is 1. The molecule has 0 aliphatic heterocycles. The van der Waals surface area contributed by atoms with E-state index in [1.54, 1.807) is 19.1 Å². The Bertz CT molecular complexity index is 800. The molecule has 2 N–H and O–H groups in total. The molecule has 21 heavy (non-hydrogen) atoms. The van der Waals surface area contributed by atoms with E-state index in [1.165, 1.54) is 24.5 Å². The van der Waals surface area contributed by atoms with E-state index in [4.69, 9.17) is 5.11 Å². The lowest BCUT2D eigenvalue weighted by molar-refractivity contribution is 0.0698. The van der Waals surface area contributed by atoms with Crippen LogP contribution in [0.2, 0.25) is 0 Å². The number of hydrogen-bond acceptors (Lipinski definition) is 4. The second kappa shape index (κ2) is 5.53. The van der Waals surface area contributed by atoms with Gasteiger partial charge in [0.1, 0.15) is 0 Å². The smallest absolute Gasteiger partial charge is 0.337 e. The zero-order valence-electron chi connectivity index (χ0n) is 11.5. The molecule has 0 amide bonds. The van der Waals surface area contributed by atoms with Crippen LogP contribution in [0.4, 0.5) is 5.69 Å². The minimum Gasteiger partial charge on any atom is -0.478 e. The zero-order chi connectivity index (χ0) is 15.6. The van der Waals surface area contributed by atoms with Crippen molar-refractivity contribution in [3.8, 4) is 0 Å². The maximum Gasteiger partial charge on any atom is 0.337 e. The Morgan fingerprint density at radius 1 is 1.24 bits per heavy atom. The largest absolute Gasteiger partial charge is 0.478 e. The van der Waals surface area contributed by atoms with E-state index < -0.39 is 16.0 Å². The standard InChI is InChI=1S/C14H14N2O4S/c1-9-3-4-13(10(2)7-9)21(19,20)16-12-8-15-6-5-11(12)14(17)18/h3-8,16H,1-2H3,(H,17,18). The third-order valence-electron chi connectivity index (χ3n) is 2.92. The molecule has 0 atom stereocenters. The van der Waals surface area contributed by atoms with Crippen molar-refractivity contribution < 1.29 is 18.3 Å². The van der Waals surface area contributed by atoms with Gasteiger partial charge in [-0.3, -0.25) is 9.71 Å². The summed E-state index contributed by atoms with van der Waals surface area (Å²) in [5.41, 5.74) is 1.31. The van der Waals surface area contributed by atoms with E-state index in [-0.39, 0.29) is 16.1 Å². The maximum absolute atomic E-state index is 12.4. The number of sulfonamides is 1. The molecule has 0 spiro atoms. The van der Waals surface area contributed by atoms with Crippen LogP contribution in [-0.2, 0) is 10.0 Å². The minimum atomic E-state index is -3.87. The number of benzene rings is 1. The number of carboxylic acid groups (broad SMARTS) is 1. The molecule has 7 heteroatoms. The summed E-state index contributed by atoms with van der Waals surface area (Å²) in [6.07, 6.45) is 2.46. The lowest BCUT2D eigenvalue weighted by Crippen LogP contribution is -2.16. The van der Waals surface area contributed by atoms with Crippen molar-refractivity contribution in [3.05, 3.63) is 53.3 Å². The summed E-state index contributed by atoms with van der Waals surface area (Å²) in [5.74, 6) is -1.23. The molecule has 0 saturated heterocycles. The highest BCUT2D eigenvalue weighted by molar-refractivity contribution is 7.92.